The van der Waals surface area contributed by atoms with Crippen LogP contribution < -0.4 is 10.6 Å². The highest BCUT2D eigenvalue weighted by molar-refractivity contribution is 6.28. The zero-order valence-electron chi connectivity index (χ0n) is 9.64. The van der Waals surface area contributed by atoms with Crippen molar-refractivity contribution in [2.24, 2.45) is 0 Å². The zero-order valence-corrected chi connectivity index (χ0v) is 10.4. The molecule has 1 aromatic carbocycles. The first-order chi connectivity index (χ1) is 8.63. The van der Waals surface area contributed by atoms with Gasteiger partial charge in [-0.25, -0.2) is 14.8 Å². The number of nitrogens with one attached hydrogen (secondary N) is 2. The summed E-state index contributed by atoms with van der Waals surface area (Å²) in [7, 11) is 0. The van der Waals surface area contributed by atoms with Gasteiger partial charge in [0.25, 0.3) is 0 Å². The van der Waals surface area contributed by atoms with E-state index in [0.717, 1.165) is 5.56 Å². The summed E-state index contributed by atoms with van der Waals surface area (Å²) in [6.45, 7) is 1.95. The number of aryl methyl sites for hydroxylation is 1. The van der Waals surface area contributed by atoms with Gasteiger partial charge in [-0.3, -0.25) is 5.32 Å². The number of aromatic nitrogens is 2. The Morgan fingerprint density at radius 1 is 1.26 bits per heavy atom. The van der Waals surface area contributed by atoms with Gasteiger partial charge in [-0.1, -0.05) is 19.6 Å². The average Bonchev–Trinajstić information content (AvgIpc) is 2.28. The summed E-state index contributed by atoms with van der Waals surface area (Å²) >= 11 is 5.62. The van der Waals surface area contributed by atoms with Crippen molar-refractivity contribution in [2.45, 2.75) is 14.4 Å². The predicted molar refractivity (Wildman–Crippen MR) is 77.6 cm³/mol. The molecule has 1 heterocycles. The van der Waals surface area contributed by atoms with E-state index in [-0.39, 0.29) is 18.7 Å². The van der Waals surface area contributed by atoms with Crippen LogP contribution in [0.1, 0.15) is 13.0 Å². The molecule has 2 rings (SSSR count). The van der Waals surface area contributed by atoms with Crippen LogP contribution in [0.5, 0.6) is 0 Å². The fourth-order valence-electron chi connectivity index (χ4n) is 1.41. The minimum absolute atomic E-state index is 0. The van der Waals surface area contributed by atoms with Crippen LogP contribution in [-0.4, -0.2) is 16.0 Å². The Hall–Kier alpha value is -2.14. The highest BCUT2D eigenvalue weighted by Crippen LogP contribution is 2.11. The van der Waals surface area contributed by atoms with Gasteiger partial charge in [0, 0.05) is 11.9 Å². The minimum atomic E-state index is -0.379. The number of carbonyl (C=O) groups is 1. The van der Waals surface area contributed by atoms with Gasteiger partial charge in [0.2, 0.25) is 5.28 Å². The van der Waals surface area contributed by atoms with Crippen molar-refractivity contribution in [3.05, 3.63) is 47.4 Å². The summed E-state index contributed by atoms with van der Waals surface area (Å²) in [5.74, 6) is 0.347. The molecule has 0 bridgehead atoms. The van der Waals surface area contributed by atoms with E-state index in [0.29, 0.717) is 11.5 Å². The fraction of sp³-hybridized carbons (Fsp3) is 0.154. The normalized spacial score (nSPS) is 9.37. The topological polar surface area (TPSA) is 66.9 Å². The highest BCUT2D eigenvalue weighted by Gasteiger charge is 2.04. The zero-order chi connectivity index (χ0) is 13.0. The number of amides is 2. The number of nitrogens with zero attached hydrogens (tertiary/aromatic N) is 2. The van der Waals surface area contributed by atoms with Crippen LogP contribution >= 0.6 is 11.6 Å². The van der Waals surface area contributed by atoms with Crippen LogP contribution in [0.25, 0.3) is 0 Å². The molecule has 0 aliphatic rings. The van der Waals surface area contributed by atoms with Crippen LogP contribution in [0.2, 0.25) is 5.28 Å². The van der Waals surface area contributed by atoms with Crippen molar-refractivity contribution >= 4 is 29.1 Å². The van der Waals surface area contributed by atoms with Gasteiger partial charge in [-0.15, -0.1) is 0 Å². The van der Waals surface area contributed by atoms with Gasteiger partial charge in [-0.2, -0.15) is 0 Å². The molecule has 5 nitrogen and oxygen atoms in total. The Labute approximate surface area is 117 Å². The highest BCUT2D eigenvalue weighted by atomic mass is 35.5. The maximum atomic E-state index is 11.7. The number of benzene rings is 1. The molecular weight excluding hydrogens is 264 g/mol. The lowest BCUT2D eigenvalue weighted by molar-refractivity contribution is 0.262. The van der Waals surface area contributed by atoms with Gasteiger partial charge in [0.1, 0.15) is 5.82 Å². The largest absolute Gasteiger partial charge is 0.324 e. The molecule has 6 heteroatoms. The van der Waals surface area contributed by atoms with Crippen LogP contribution in [0, 0.1) is 6.92 Å². The van der Waals surface area contributed by atoms with Gasteiger partial charge in [0.05, 0.1) is 0 Å². The number of halogens is 1. The van der Waals surface area contributed by atoms with Crippen LogP contribution in [-0.2, 0) is 0 Å². The maximum Gasteiger partial charge on any atom is 0.324 e. The van der Waals surface area contributed by atoms with Crippen molar-refractivity contribution in [1.29, 1.82) is 0 Å². The summed E-state index contributed by atoms with van der Waals surface area (Å²) in [6.07, 6.45) is 1.47. The Morgan fingerprint density at radius 2 is 2.05 bits per heavy atom. The molecule has 19 heavy (non-hydrogen) atoms. The Kier molecular flexibility index (Phi) is 5.26. The van der Waals surface area contributed by atoms with Crippen molar-refractivity contribution in [2.75, 3.05) is 10.6 Å². The first kappa shape index (κ1) is 14.9. The number of carbonyl (C=O) groups excluding carboxylic acids is 1. The second kappa shape index (κ2) is 6.70. The summed E-state index contributed by atoms with van der Waals surface area (Å²) in [5.41, 5.74) is 1.78. The molecule has 2 amide bonds. The molecule has 100 valence electrons. The SMILES string of the molecule is C.Cc1cccc(NC(=O)Nc2ccnc(Cl)n2)c1. The van der Waals surface area contributed by atoms with Crippen molar-refractivity contribution in [3.63, 3.8) is 0 Å². The molecular formula is C13H15ClN4O. The van der Waals surface area contributed by atoms with Gasteiger partial charge >= 0.3 is 6.03 Å². The predicted octanol–water partition coefficient (Wildman–Crippen LogP) is 3.72. The van der Waals surface area contributed by atoms with Crippen LogP contribution in [0.15, 0.2) is 36.5 Å². The smallest absolute Gasteiger partial charge is 0.308 e. The lowest BCUT2D eigenvalue weighted by atomic mass is 10.2. The molecule has 0 aliphatic heterocycles. The molecule has 1 aromatic heterocycles. The molecule has 0 spiro atoms. The third-order valence-corrected chi connectivity index (χ3v) is 2.33. The summed E-state index contributed by atoms with van der Waals surface area (Å²) in [5, 5.41) is 5.35. The van der Waals surface area contributed by atoms with E-state index in [1.54, 1.807) is 12.1 Å². The third kappa shape index (κ3) is 4.56. The Bertz CT molecular complexity index is 525. The molecule has 0 atom stereocenters. The molecule has 0 saturated carbocycles. The van der Waals surface area contributed by atoms with Gasteiger partial charge in [0.15, 0.2) is 0 Å². The lowest BCUT2D eigenvalue weighted by Gasteiger charge is -2.07. The number of hydrogen-bond donors (Lipinski definition) is 2. The van der Waals surface area contributed by atoms with Crippen molar-refractivity contribution in [3.8, 4) is 0 Å². The molecule has 2 aromatic rings. The number of rotatable bonds is 2. The summed E-state index contributed by atoms with van der Waals surface area (Å²) < 4.78 is 0. The standard InChI is InChI=1S/C12H11ClN4O.CH4/c1-8-3-2-4-9(7-8)15-12(18)17-10-5-6-14-11(13)16-10;/h2-7H,1H3,(H2,14,15,16,17,18);1H4. The summed E-state index contributed by atoms with van der Waals surface area (Å²) in [6, 6.07) is 8.67. The quantitative estimate of drug-likeness (QED) is 0.823. The number of hydrogen-bond acceptors (Lipinski definition) is 3. The van der Waals surface area contributed by atoms with Crippen LogP contribution in [0.4, 0.5) is 16.3 Å². The first-order valence-corrected chi connectivity index (χ1v) is 5.64. The Balaban J connectivity index is 0.00000180. The van der Waals surface area contributed by atoms with E-state index < -0.39 is 0 Å². The average molecular weight is 279 g/mol. The second-order valence-electron chi connectivity index (χ2n) is 3.66. The van der Waals surface area contributed by atoms with E-state index in [4.69, 9.17) is 11.6 Å². The number of urea groups is 1. The molecule has 0 unspecified atom stereocenters. The van der Waals surface area contributed by atoms with Crippen molar-refractivity contribution in [1.82, 2.24) is 9.97 Å². The molecule has 0 fully saturated rings. The van der Waals surface area contributed by atoms with E-state index in [1.807, 2.05) is 25.1 Å². The monoisotopic (exact) mass is 278 g/mol. The van der Waals surface area contributed by atoms with Crippen LogP contribution in [0.3, 0.4) is 0 Å². The van der Waals surface area contributed by atoms with Gasteiger partial charge in [-0.05, 0) is 42.3 Å². The molecule has 2 N–H and O–H groups in total. The summed E-state index contributed by atoms with van der Waals surface area (Å²) in [4.78, 5) is 19.3. The van der Waals surface area contributed by atoms with E-state index in [1.165, 1.54) is 6.20 Å². The number of anilines is 2. The lowest BCUT2D eigenvalue weighted by Crippen LogP contribution is -2.20. The molecule has 0 radical (unpaired) electrons. The second-order valence-corrected chi connectivity index (χ2v) is 4.00. The van der Waals surface area contributed by atoms with E-state index in [9.17, 15) is 4.79 Å². The molecule has 0 saturated heterocycles. The molecule has 0 aliphatic carbocycles. The first-order valence-electron chi connectivity index (χ1n) is 5.27. The van der Waals surface area contributed by atoms with Crippen molar-refractivity contribution < 1.29 is 4.79 Å². The fourth-order valence-corrected chi connectivity index (χ4v) is 1.55. The minimum Gasteiger partial charge on any atom is -0.308 e. The Morgan fingerprint density at radius 3 is 2.74 bits per heavy atom. The van der Waals surface area contributed by atoms with E-state index in [2.05, 4.69) is 20.6 Å². The van der Waals surface area contributed by atoms with Gasteiger partial charge < -0.3 is 5.32 Å². The van der Waals surface area contributed by atoms with E-state index >= 15 is 0 Å². The third-order valence-electron chi connectivity index (χ3n) is 2.14. The maximum absolute atomic E-state index is 11.7.